The van der Waals surface area contributed by atoms with Gasteiger partial charge in [0.2, 0.25) is 0 Å². The minimum absolute atomic E-state index is 0.0235. The van der Waals surface area contributed by atoms with Crippen LogP contribution in [-0.4, -0.2) is 7.05 Å². The van der Waals surface area contributed by atoms with Crippen LogP contribution in [0, 0.1) is 11.6 Å². The van der Waals surface area contributed by atoms with E-state index in [-0.39, 0.29) is 5.69 Å². The molecule has 0 saturated carbocycles. The largest absolute Gasteiger partial charge is 0.366 e. The molecule has 0 aliphatic heterocycles. The summed E-state index contributed by atoms with van der Waals surface area (Å²) in [6.07, 6.45) is 0. The fourth-order valence-corrected chi connectivity index (χ4v) is 2.45. The molecule has 0 aliphatic carbocycles. The second kappa shape index (κ2) is 6.55. The summed E-state index contributed by atoms with van der Waals surface area (Å²) in [7, 11) is 1.66. The molecule has 0 aliphatic rings. The number of alkyl halides is 1. The predicted molar refractivity (Wildman–Crippen MR) is 82.5 cm³/mol. The summed E-state index contributed by atoms with van der Waals surface area (Å²) >= 11 is 9.00. The molecule has 0 atom stereocenters. The fraction of sp³-hybridized carbons (Fsp3) is 0.200. The van der Waals surface area contributed by atoms with Gasteiger partial charge in [0.15, 0.2) is 0 Å². The molecule has 0 aromatic heterocycles. The van der Waals surface area contributed by atoms with Gasteiger partial charge in [0.25, 0.3) is 0 Å². The van der Waals surface area contributed by atoms with Gasteiger partial charge in [0.05, 0.1) is 0 Å². The number of anilines is 1. The number of rotatable bonds is 4. The summed E-state index contributed by atoms with van der Waals surface area (Å²) in [5.41, 5.74) is 1.48. The summed E-state index contributed by atoms with van der Waals surface area (Å²) in [5, 5.41) is 1.05. The first-order valence-electron chi connectivity index (χ1n) is 6.00. The standard InChI is InChI=1S/C15H13BrClF2N/c1-20(9-10-2-4-12(17)5-3-10)15-13(18)6-11(8-16)7-14(15)19/h2-7H,8-9H2,1H3. The van der Waals surface area contributed by atoms with Gasteiger partial charge in [-0.15, -0.1) is 0 Å². The Morgan fingerprint density at radius 3 is 2.10 bits per heavy atom. The maximum absolute atomic E-state index is 14.0. The molecule has 20 heavy (non-hydrogen) atoms. The molecule has 0 radical (unpaired) electrons. The SMILES string of the molecule is CN(Cc1ccc(Cl)cc1)c1c(F)cc(CBr)cc1F. The smallest absolute Gasteiger partial charge is 0.149 e. The van der Waals surface area contributed by atoms with E-state index in [0.717, 1.165) is 5.56 Å². The highest BCUT2D eigenvalue weighted by Gasteiger charge is 2.15. The van der Waals surface area contributed by atoms with Gasteiger partial charge in [0.1, 0.15) is 17.3 Å². The van der Waals surface area contributed by atoms with E-state index in [0.29, 0.717) is 22.5 Å². The second-order valence-corrected chi connectivity index (χ2v) is 5.52. The summed E-state index contributed by atoms with van der Waals surface area (Å²) < 4.78 is 28.0. The van der Waals surface area contributed by atoms with Gasteiger partial charge < -0.3 is 4.90 Å². The summed E-state index contributed by atoms with van der Waals surface area (Å²) in [5.74, 6) is -1.12. The second-order valence-electron chi connectivity index (χ2n) is 4.52. The molecule has 0 fully saturated rings. The molecule has 0 bridgehead atoms. The molecule has 2 rings (SSSR count). The molecule has 0 saturated heterocycles. The Balaban J connectivity index is 2.25. The first-order chi connectivity index (χ1) is 9.51. The highest BCUT2D eigenvalue weighted by Crippen LogP contribution is 2.26. The maximum Gasteiger partial charge on any atom is 0.149 e. The van der Waals surface area contributed by atoms with Crippen LogP contribution in [0.1, 0.15) is 11.1 Å². The third-order valence-corrected chi connectivity index (χ3v) is 3.85. The number of hydrogen-bond acceptors (Lipinski definition) is 1. The molecule has 0 heterocycles. The van der Waals surface area contributed by atoms with Crippen LogP contribution in [0.25, 0.3) is 0 Å². The van der Waals surface area contributed by atoms with Crippen LogP contribution in [0.15, 0.2) is 36.4 Å². The summed E-state index contributed by atoms with van der Waals surface area (Å²) in [4.78, 5) is 1.55. The van der Waals surface area contributed by atoms with E-state index in [2.05, 4.69) is 15.9 Å². The van der Waals surface area contributed by atoms with Crippen LogP contribution < -0.4 is 4.90 Å². The Labute approximate surface area is 130 Å². The molecule has 2 aromatic rings. The van der Waals surface area contributed by atoms with Crippen molar-refractivity contribution in [2.75, 3.05) is 11.9 Å². The lowest BCUT2D eigenvalue weighted by Crippen LogP contribution is -2.19. The lowest BCUT2D eigenvalue weighted by molar-refractivity contribution is 0.574. The van der Waals surface area contributed by atoms with Crippen LogP contribution in [0.2, 0.25) is 5.02 Å². The van der Waals surface area contributed by atoms with E-state index in [1.54, 1.807) is 24.1 Å². The predicted octanol–water partition coefficient (Wildman–Crippen LogP) is 5.15. The zero-order chi connectivity index (χ0) is 14.7. The Morgan fingerprint density at radius 1 is 1.05 bits per heavy atom. The first kappa shape index (κ1) is 15.3. The molecule has 0 spiro atoms. The summed E-state index contributed by atoms with van der Waals surface area (Å²) in [6, 6.07) is 9.86. The van der Waals surface area contributed by atoms with Crippen molar-refractivity contribution in [1.29, 1.82) is 0 Å². The minimum Gasteiger partial charge on any atom is -0.366 e. The Bertz CT molecular complexity index is 578. The van der Waals surface area contributed by atoms with Crippen LogP contribution >= 0.6 is 27.5 Å². The first-order valence-corrected chi connectivity index (χ1v) is 7.50. The van der Waals surface area contributed by atoms with E-state index >= 15 is 0 Å². The number of hydrogen-bond donors (Lipinski definition) is 0. The van der Waals surface area contributed by atoms with Crippen LogP contribution in [-0.2, 0) is 11.9 Å². The molecule has 2 aromatic carbocycles. The highest BCUT2D eigenvalue weighted by atomic mass is 79.9. The maximum atomic E-state index is 14.0. The Kier molecular flexibility index (Phi) is 5.00. The minimum atomic E-state index is -0.559. The fourth-order valence-electron chi connectivity index (χ4n) is 2.00. The number of benzene rings is 2. The van der Waals surface area contributed by atoms with Crippen molar-refractivity contribution in [3.05, 3.63) is 64.2 Å². The van der Waals surface area contributed by atoms with E-state index < -0.39 is 11.6 Å². The van der Waals surface area contributed by atoms with Crippen LogP contribution in [0.4, 0.5) is 14.5 Å². The van der Waals surface area contributed by atoms with Crippen molar-refractivity contribution in [3.8, 4) is 0 Å². The monoisotopic (exact) mass is 359 g/mol. The van der Waals surface area contributed by atoms with Gasteiger partial charge in [-0.3, -0.25) is 0 Å². The van der Waals surface area contributed by atoms with Crippen molar-refractivity contribution >= 4 is 33.2 Å². The van der Waals surface area contributed by atoms with E-state index in [9.17, 15) is 8.78 Å². The molecule has 0 N–H and O–H groups in total. The van der Waals surface area contributed by atoms with Gasteiger partial charge >= 0.3 is 0 Å². The Hall–Kier alpha value is -1.13. The van der Waals surface area contributed by atoms with Gasteiger partial charge in [0, 0.05) is 23.9 Å². The van der Waals surface area contributed by atoms with Gasteiger partial charge in [-0.25, -0.2) is 8.78 Å². The normalized spacial score (nSPS) is 10.7. The van der Waals surface area contributed by atoms with Crippen LogP contribution in [0.3, 0.4) is 0 Å². The molecular weight excluding hydrogens is 348 g/mol. The van der Waals surface area contributed by atoms with Gasteiger partial charge in [-0.2, -0.15) is 0 Å². The molecule has 0 amide bonds. The average Bonchev–Trinajstić information content (AvgIpc) is 2.40. The highest BCUT2D eigenvalue weighted by molar-refractivity contribution is 9.08. The lowest BCUT2D eigenvalue weighted by Gasteiger charge is -2.21. The lowest BCUT2D eigenvalue weighted by atomic mass is 10.1. The van der Waals surface area contributed by atoms with Crippen molar-refractivity contribution in [1.82, 2.24) is 0 Å². The van der Waals surface area contributed by atoms with Gasteiger partial charge in [-0.05, 0) is 35.4 Å². The number of nitrogens with zero attached hydrogens (tertiary/aromatic N) is 1. The van der Waals surface area contributed by atoms with Crippen molar-refractivity contribution in [2.45, 2.75) is 11.9 Å². The average molecular weight is 361 g/mol. The van der Waals surface area contributed by atoms with Gasteiger partial charge in [-0.1, -0.05) is 39.7 Å². The number of halogens is 4. The van der Waals surface area contributed by atoms with E-state index in [1.165, 1.54) is 12.1 Å². The molecular formula is C15H13BrClF2N. The zero-order valence-electron chi connectivity index (χ0n) is 10.8. The Morgan fingerprint density at radius 2 is 1.60 bits per heavy atom. The molecule has 0 unspecified atom stereocenters. The molecule has 1 nitrogen and oxygen atoms in total. The topological polar surface area (TPSA) is 3.24 Å². The third kappa shape index (κ3) is 3.49. The molecule has 5 heteroatoms. The van der Waals surface area contributed by atoms with E-state index in [4.69, 9.17) is 11.6 Å². The zero-order valence-corrected chi connectivity index (χ0v) is 13.2. The van der Waals surface area contributed by atoms with Crippen molar-refractivity contribution in [2.24, 2.45) is 0 Å². The van der Waals surface area contributed by atoms with Crippen LogP contribution in [0.5, 0.6) is 0 Å². The quantitative estimate of drug-likeness (QED) is 0.682. The van der Waals surface area contributed by atoms with E-state index in [1.807, 2.05) is 12.1 Å². The van der Waals surface area contributed by atoms with Crippen molar-refractivity contribution in [3.63, 3.8) is 0 Å². The summed E-state index contributed by atoms with van der Waals surface area (Å²) in [6.45, 7) is 0.401. The molecule has 106 valence electrons. The third-order valence-electron chi connectivity index (χ3n) is 2.95. The van der Waals surface area contributed by atoms with Crippen molar-refractivity contribution < 1.29 is 8.78 Å².